The van der Waals surface area contributed by atoms with Gasteiger partial charge in [0.25, 0.3) is 0 Å². The summed E-state index contributed by atoms with van der Waals surface area (Å²) in [4.78, 5) is 0. The van der Waals surface area contributed by atoms with Gasteiger partial charge < -0.3 is 0 Å². The van der Waals surface area contributed by atoms with Crippen molar-refractivity contribution in [2.45, 2.75) is 24.6 Å². The van der Waals surface area contributed by atoms with E-state index in [0.717, 1.165) is 0 Å². The molecule has 1 saturated heterocycles. The van der Waals surface area contributed by atoms with E-state index in [-0.39, 0.29) is 0 Å². The molecule has 1 heterocycles. The Balaban J connectivity index is 2.23. The molecule has 1 aliphatic rings. The molecule has 0 saturated carbocycles. The summed E-state index contributed by atoms with van der Waals surface area (Å²) < 4.78 is 0. The summed E-state index contributed by atoms with van der Waals surface area (Å²) in [5.41, 5.74) is 0. The Kier molecular flexibility index (Phi) is 2.89. The van der Waals surface area contributed by atoms with Crippen LogP contribution in [0.25, 0.3) is 0 Å². The third-order valence-corrected chi connectivity index (χ3v) is 5.46. The van der Waals surface area contributed by atoms with E-state index in [9.17, 15) is 0 Å². The van der Waals surface area contributed by atoms with Gasteiger partial charge in [0.1, 0.15) is 0 Å². The van der Waals surface area contributed by atoms with Crippen LogP contribution in [0.1, 0.15) is 13.8 Å². The number of hydrogen-bond acceptors (Lipinski definition) is 4. The molecule has 1 fully saturated rings. The van der Waals surface area contributed by atoms with Crippen LogP contribution in [0.15, 0.2) is 0 Å². The number of rotatable bonds is 0. The Morgan fingerprint density at radius 2 is 1.62 bits per heavy atom. The first kappa shape index (κ1) is 7.12. The van der Waals surface area contributed by atoms with Crippen LogP contribution in [0.4, 0.5) is 0 Å². The summed E-state index contributed by atoms with van der Waals surface area (Å²) >= 11 is 0. The molecule has 0 bridgehead atoms. The average molecular weight is 167 g/mol. The van der Waals surface area contributed by atoms with Gasteiger partial charge in [-0.15, -0.1) is 0 Å². The van der Waals surface area contributed by atoms with Crippen molar-refractivity contribution >= 4 is 31.4 Å². The highest BCUT2D eigenvalue weighted by Gasteiger charge is 2.14. The zero-order valence-electron chi connectivity index (χ0n) is 4.88. The average Bonchev–Trinajstić information content (AvgIpc) is 1.64. The first-order valence-electron chi connectivity index (χ1n) is 2.54. The van der Waals surface area contributed by atoms with Crippen LogP contribution in [0.2, 0.25) is 0 Å². The second-order valence-corrected chi connectivity index (χ2v) is 6.43. The molecule has 0 aromatic rings. The van der Waals surface area contributed by atoms with Crippen LogP contribution in [-0.4, -0.2) is 10.7 Å². The molecule has 0 amide bonds. The Hall–Kier alpha value is 1.01. The summed E-state index contributed by atoms with van der Waals surface area (Å²) in [7, 11) is 5.66. The standard InChI is InChI=1S/C4H9NS3/c1-3-5-4(2)7-8-6-3/h3-5H,1-2H3. The van der Waals surface area contributed by atoms with E-state index in [1.54, 1.807) is 0 Å². The SMILES string of the molecule is CC1NC(C)SSS1. The van der Waals surface area contributed by atoms with Crippen molar-refractivity contribution in [3.05, 3.63) is 0 Å². The molecule has 2 atom stereocenters. The first-order valence-corrected chi connectivity index (χ1v) is 6.15. The van der Waals surface area contributed by atoms with Gasteiger partial charge in [-0.1, -0.05) is 21.6 Å². The van der Waals surface area contributed by atoms with E-state index < -0.39 is 0 Å². The van der Waals surface area contributed by atoms with Gasteiger partial charge in [-0.05, 0) is 23.7 Å². The molecule has 8 heavy (non-hydrogen) atoms. The lowest BCUT2D eigenvalue weighted by Gasteiger charge is -2.22. The lowest BCUT2D eigenvalue weighted by atomic mass is 10.6. The molecular formula is C4H9NS3. The van der Waals surface area contributed by atoms with Crippen molar-refractivity contribution < 1.29 is 0 Å². The van der Waals surface area contributed by atoms with Crippen molar-refractivity contribution in [1.29, 1.82) is 0 Å². The third-order valence-electron chi connectivity index (χ3n) is 0.837. The maximum Gasteiger partial charge on any atom is 0.0625 e. The highest BCUT2D eigenvalue weighted by Crippen LogP contribution is 2.43. The Morgan fingerprint density at radius 3 is 1.88 bits per heavy atom. The molecule has 0 spiro atoms. The van der Waals surface area contributed by atoms with E-state index in [1.165, 1.54) is 0 Å². The molecule has 0 radical (unpaired) electrons. The van der Waals surface area contributed by atoms with Gasteiger partial charge in [0.15, 0.2) is 0 Å². The van der Waals surface area contributed by atoms with E-state index in [4.69, 9.17) is 0 Å². The zero-order valence-corrected chi connectivity index (χ0v) is 7.33. The van der Waals surface area contributed by atoms with E-state index in [1.807, 2.05) is 31.4 Å². The molecule has 1 N–H and O–H groups in total. The van der Waals surface area contributed by atoms with Crippen molar-refractivity contribution in [2.24, 2.45) is 0 Å². The minimum absolute atomic E-state index is 0.622. The molecule has 2 unspecified atom stereocenters. The molecule has 1 rings (SSSR count). The van der Waals surface area contributed by atoms with Gasteiger partial charge in [0, 0.05) is 0 Å². The molecule has 48 valence electrons. The lowest BCUT2D eigenvalue weighted by Crippen LogP contribution is -2.30. The smallest absolute Gasteiger partial charge is 0.0625 e. The zero-order chi connectivity index (χ0) is 5.98. The molecule has 0 aromatic heterocycles. The molecule has 1 aliphatic heterocycles. The van der Waals surface area contributed by atoms with E-state index in [0.29, 0.717) is 10.7 Å². The van der Waals surface area contributed by atoms with Crippen molar-refractivity contribution in [3.63, 3.8) is 0 Å². The summed E-state index contributed by atoms with van der Waals surface area (Å²) in [6.45, 7) is 4.38. The van der Waals surface area contributed by atoms with Gasteiger partial charge in [-0.2, -0.15) is 0 Å². The van der Waals surface area contributed by atoms with Crippen LogP contribution in [0.5, 0.6) is 0 Å². The largest absolute Gasteiger partial charge is 0.293 e. The summed E-state index contributed by atoms with van der Waals surface area (Å²) in [6.07, 6.45) is 0. The Bertz CT molecular complexity index is 69.7. The van der Waals surface area contributed by atoms with E-state index >= 15 is 0 Å². The second-order valence-electron chi connectivity index (χ2n) is 1.71. The number of hydrogen-bond donors (Lipinski definition) is 1. The van der Waals surface area contributed by atoms with Crippen LogP contribution < -0.4 is 5.32 Å². The molecule has 1 nitrogen and oxygen atoms in total. The maximum atomic E-state index is 3.38. The second kappa shape index (κ2) is 3.25. The normalized spacial score (nSPS) is 39.8. The molecule has 0 aliphatic carbocycles. The fourth-order valence-corrected chi connectivity index (χ4v) is 5.12. The minimum Gasteiger partial charge on any atom is -0.293 e. The van der Waals surface area contributed by atoms with Crippen LogP contribution in [0.3, 0.4) is 0 Å². The predicted octanol–water partition coefficient (Wildman–Crippen LogP) is 2.31. The molecule has 4 heteroatoms. The third kappa shape index (κ3) is 2.09. The lowest BCUT2D eigenvalue weighted by molar-refractivity contribution is 0.686. The number of nitrogens with one attached hydrogen (secondary N) is 1. The van der Waals surface area contributed by atoms with Gasteiger partial charge in [0.2, 0.25) is 0 Å². The van der Waals surface area contributed by atoms with Gasteiger partial charge >= 0.3 is 0 Å². The van der Waals surface area contributed by atoms with E-state index in [2.05, 4.69) is 19.2 Å². The minimum atomic E-state index is 0.622. The maximum absolute atomic E-state index is 3.38. The Morgan fingerprint density at radius 1 is 1.12 bits per heavy atom. The van der Waals surface area contributed by atoms with Crippen molar-refractivity contribution in [3.8, 4) is 0 Å². The van der Waals surface area contributed by atoms with Gasteiger partial charge in [0.05, 0.1) is 10.7 Å². The first-order chi connectivity index (χ1) is 3.79. The van der Waals surface area contributed by atoms with Gasteiger partial charge in [-0.3, -0.25) is 5.32 Å². The quantitative estimate of drug-likeness (QED) is 0.555. The summed E-state index contributed by atoms with van der Waals surface area (Å²) in [5.74, 6) is 0. The highest BCUT2D eigenvalue weighted by atomic mass is 33.5. The van der Waals surface area contributed by atoms with Crippen molar-refractivity contribution in [1.82, 2.24) is 5.32 Å². The van der Waals surface area contributed by atoms with Gasteiger partial charge in [-0.25, -0.2) is 0 Å². The fraction of sp³-hybridized carbons (Fsp3) is 1.00. The monoisotopic (exact) mass is 167 g/mol. The van der Waals surface area contributed by atoms with Crippen LogP contribution in [-0.2, 0) is 0 Å². The molecule has 0 aromatic carbocycles. The molecular weight excluding hydrogens is 158 g/mol. The Labute approximate surface area is 61.5 Å². The van der Waals surface area contributed by atoms with Crippen molar-refractivity contribution in [2.75, 3.05) is 0 Å². The predicted molar refractivity (Wildman–Crippen MR) is 44.8 cm³/mol. The van der Waals surface area contributed by atoms with Crippen LogP contribution in [0, 0.1) is 0 Å². The summed E-state index contributed by atoms with van der Waals surface area (Å²) in [6, 6.07) is 0. The summed E-state index contributed by atoms with van der Waals surface area (Å²) in [5, 5.41) is 4.63. The van der Waals surface area contributed by atoms with Crippen LogP contribution >= 0.6 is 31.4 Å². The fourth-order valence-electron chi connectivity index (χ4n) is 0.527. The highest BCUT2D eigenvalue weighted by molar-refractivity contribution is 9.09. The topological polar surface area (TPSA) is 12.0 Å².